The van der Waals surface area contributed by atoms with Gasteiger partial charge in [-0.25, -0.2) is 0 Å². The highest BCUT2D eigenvalue weighted by atomic mass is 127. The standard InChI is InChI=1S/C15H18N4O2.HI/c1-17-15(18-9-11-5-3-2-4-6-11)19-10-12-7-8-13(21-12)14(16)20;/h2-8H,9-10H2,1H3,(H2,16,20)(H2,17,18,19);1H. The highest BCUT2D eigenvalue weighted by molar-refractivity contribution is 14.0. The number of carbonyl (C=O) groups is 1. The molecule has 1 amide bonds. The van der Waals surface area contributed by atoms with Crippen LogP contribution in [0.15, 0.2) is 51.9 Å². The van der Waals surface area contributed by atoms with Crippen LogP contribution in [0.5, 0.6) is 0 Å². The lowest BCUT2D eigenvalue weighted by atomic mass is 10.2. The first-order valence-electron chi connectivity index (χ1n) is 6.56. The predicted molar refractivity (Wildman–Crippen MR) is 96.1 cm³/mol. The molecule has 22 heavy (non-hydrogen) atoms. The van der Waals surface area contributed by atoms with Gasteiger partial charge in [-0.1, -0.05) is 30.3 Å². The summed E-state index contributed by atoms with van der Waals surface area (Å²) in [6, 6.07) is 13.3. The maximum atomic E-state index is 10.9. The van der Waals surface area contributed by atoms with Crippen molar-refractivity contribution >= 4 is 35.8 Å². The van der Waals surface area contributed by atoms with Crippen LogP contribution in [0.2, 0.25) is 0 Å². The molecule has 1 aromatic carbocycles. The van der Waals surface area contributed by atoms with E-state index in [0.29, 0.717) is 24.8 Å². The molecule has 0 saturated heterocycles. The van der Waals surface area contributed by atoms with Gasteiger partial charge >= 0.3 is 0 Å². The third-order valence-corrected chi connectivity index (χ3v) is 2.86. The maximum Gasteiger partial charge on any atom is 0.284 e. The van der Waals surface area contributed by atoms with Gasteiger partial charge in [0, 0.05) is 13.6 Å². The summed E-state index contributed by atoms with van der Waals surface area (Å²) in [5.41, 5.74) is 6.29. The zero-order chi connectivity index (χ0) is 15.1. The number of benzene rings is 1. The second-order valence-electron chi connectivity index (χ2n) is 4.40. The Labute approximate surface area is 146 Å². The molecule has 0 aliphatic carbocycles. The molecule has 0 radical (unpaired) electrons. The van der Waals surface area contributed by atoms with Crippen LogP contribution in [-0.2, 0) is 13.1 Å². The van der Waals surface area contributed by atoms with Crippen molar-refractivity contribution in [3.05, 3.63) is 59.5 Å². The highest BCUT2D eigenvalue weighted by Crippen LogP contribution is 2.06. The zero-order valence-electron chi connectivity index (χ0n) is 12.2. The smallest absolute Gasteiger partial charge is 0.284 e. The van der Waals surface area contributed by atoms with Crippen LogP contribution in [0.3, 0.4) is 0 Å². The lowest BCUT2D eigenvalue weighted by Crippen LogP contribution is -2.36. The number of amides is 1. The Morgan fingerprint density at radius 3 is 2.41 bits per heavy atom. The maximum absolute atomic E-state index is 10.9. The van der Waals surface area contributed by atoms with Crippen molar-refractivity contribution in [2.24, 2.45) is 10.7 Å². The minimum atomic E-state index is -0.576. The summed E-state index contributed by atoms with van der Waals surface area (Å²) in [7, 11) is 1.69. The van der Waals surface area contributed by atoms with Gasteiger partial charge in [-0.2, -0.15) is 0 Å². The van der Waals surface area contributed by atoms with E-state index in [4.69, 9.17) is 10.2 Å². The Kier molecular flexibility index (Phi) is 7.44. The summed E-state index contributed by atoms with van der Waals surface area (Å²) < 4.78 is 5.28. The van der Waals surface area contributed by atoms with Crippen molar-refractivity contribution < 1.29 is 9.21 Å². The molecular formula is C15H19IN4O2. The molecule has 0 saturated carbocycles. The number of nitrogens with two attached hydrogens (primary N) is 1. The number of furan rings is 1. The molecule has 0 aliphatic rings. The van der Waals surface area contributed by atoms with Gasteiger partial charge in [0.15, 0.2) is 11.7 Å². The van der Waals surface area contributed by atoms with Crippen LogP contribution in [0.1, 0.15) is 21.9 Å². The van der Waals surface area contributed by atoms with Gasteiger partial charge in [0.05, 0.1) is 6.54 Å². The summed E-state index contributed by atoms with van der Waals surface area (Å²) in [5.74, 6) is 0.842. The summed E-state index contributed by atoms with van der Waals surface area (Å²) in [5, 5.41) is 6.29. The monoisotopic (exact) mass is 414 g/mol. The number of hydrogen-bond acceptors (Lipinski definition) is 3. The van der Waals surface area contributed by atoms with E-state index in [0.717, 1.165) is 5.56 Å². The Morgan fingerprint density at radius 1 is 1.14 bits per heavy atom. The molecule has 7 heteroatoms. The number of halogens is 1. The second-order valence-corrected chi connectivity index (χ2v) is 4.40. The van der Waals surface area contributed by atoms with Gasteiger partial charge < -0.3 is 20.8 Å². The molecule has 0 spiro atoms. The van der Waals surface area contributed by atoms with Crippen LogP contribution in [0.4, 0.5) is 0 Å². The topological polar surface area (TPSA) is 92.6 Å². The fourth-order valence-electron chi connectivity index (χ4n) is 1.78. The number of guanidine groups is 1. The Morgan fingerprint density at radius 2 is 1.82 bits per heavy atom. The van der Waals surface area contributed by atoms with E-state index in [2.05, 4.69) is 15.6 Å². The molecule has 0 aliphatic heterocycles. The van der Waals surface area contributed by atoms with Crippen LogP contribution in [0, 0.1) is 0 Å². The molecule has 118 valence electrons. The number of rotatable bonds is 5. The van der Waals surface area contributed by atoms with Crippen LogP contribution >= 0.6 is 24.0 Å². The van der Waals surface area contributed by atoms with E-state index in [1.165, 1.54) is 0 Å². The minimum Gasteiger partial charge on any atom is -0.454 e. The molecular weight excluding hydrogens is 395 g/mol. The van der Waals surface area contributed by atoms with E-state index >= 15 is 0 Å². The van der Waals surface area contributed by atoms with Crippen LogP contribution in [0.25, 0.3) is 0 Å². The molecule has 0 atom stereocenters. The number of primary amides is 1. The fourth-order valence-corrected chi connectivity index (χ4v) is 1.78. The van der Waals surface area contributed by atoms with Crippen molar-refractivity contribution in [2.75, 3.05) is 7.05 Å². The second kappa shape index (κ2) is 9.08. The van der Waals surface area contributed by atoms with E-state index in [-0.39, 0.29) is 29.7 Å². The predicted octanol–water partition coefficient (Wildman–Crippen LogP) is 1.86. The molecule has 0 fully saturated rings. The molecule has 0 unspecified atom stereocenters. The van der Waals surface area contributed by atoms with Gasteiger partial charge in [0.25, 0.3) is 5.91 Å². The first-order chi connectivity index (χ1) is 10.2. The lowest BCUT2D eigenvalue weighted by molar-refractivity contribution is 0.0972. The van der Waals surface area contributed by atoms with Gasteiger partial charge in [-0.3, -0.25) is 9.79 Å². The molecule has 0 bridgehead atoms. The van der Waals surface area contributed by atoms with E-state index < -0.39 is 5.91 Å². The molecule has 6 nitrogen and oxygen atoms in total. The molecule has 4 N–H and O–H groups in total. The average Bonchev–Trinajstić information content (AvgIpc) is 2.98. The quantitative estimate of drug-likeness (QED) is 0.396. The highest BCUT2D eigenvalue weighted by Gasteiger charge is 2.07. The number of aliphatic imine (C=N–C) groups is 1. The normalized spacial score (nSPS) is 10.7. The number of nitrogens with zero attached hydrogens (tertiary/aromatic N) is 1. The van der Waals surface area contributed by atoms with Crippen molar-refractivity contribution in [1.29, 1.82) is 0 Å². The summed E-state index contributed by atoms with van der Waals surface area (Å²) >= 11 is 0. The third kappa shape index (κ3) is 5.40. The van der Waals surface area contributed by atoms with Gasteiger partial charge in [0.1, 0.15) is 5.76 Å². The third-order valence-electron chi connectivity index (χ3n) is 2.86. The lowest BCUT2D eigenvalue weighted by Gasteiger charge is -2.10. The molecule has 2 aromatic rings. The van der Waals surface area contributed by atoms with E-state index in [1.807, 2.05) is 30.3 Å². The largest absolute Gasteiger partial charge is 0.454 e. The van der Waals surface area contributed by atoms with E-state index in [9.17, 15) is 4.79 Å². The first-order valence-corrected chi connectivity index (χ1v) is 6.56. The Bertz CT molecular complexity index is 625. The van der Waals surface area contributed by atoms with Crippen LogP contribution < -0.4 is 16.4 Å². The number of hydrogen-bond donors (Lipinski definition) is 3. The summed E-state index contributed by atoms with van der Waals surface area (Å²) in [6.07, 6.45) is 0. The van der Waals surface area contributed by atoms with Crippen molar-refractivity contribution in [1.82, 2.24) is 10.6 Å². The van der Waals surface area contributed by atoms with Crippen LogP contribution in [-0.4, -0.2) is 18.9 Å². The summed E-state index contributed by atoms with van der Waals surface area (Å²) in [4.78, 5) is 15.1. The van der Waals surface area contributed by atoms with Crippen molar-refractivity contribution in [2.45, 2.75) is 13.1 Å². The summed E-state index contributed by atoms with van der Waals surface area (Å²) in [6.45, 7) is 1.09. The van der Waals surface area contributed by atoms with Gasteiger partial charge in [-0.05, 0) is 17.7 Å². The molecule has 2 rings (SSSR count). The first kappa shape index (κ1) is 18.0. The van der Waals surface area contributed by atoms with Gasteiger partial charge in [-0.15, -0.1) is 24.0 Å². The zero-order valence-corrected chi connectivity index (χ0v) is 14.5. The van der Waals surface area contributed by atoms with Gasteiger partial charge in [0.2, 0.25) is 0 Å². The molecule has 1 heterocycles. The number of carbonyl (C=O) groups excluding carboxylic acids is 1. The number of nitrogens with one attached hydrogen (secondary N) is 2. The van der Waals surface area contributed by atoms with Crippen molar-refractivity contribution in [3.8, 4) is 0 Å². The molecule has 1 aromatic heterocycles. The Hall–Kier alpha value is -2.03. The van der Waals surface area contributed by atoms with E-state index in [1.54, 1.807) is 19.2 Å². The average molecular weight is 414 g/mol. The minimum absolute atomic E-state index is 0. The SMILES string of the molecule is CN=C(NCc1ccccc1)NCc1ccc(C(N)=O)o1.I. The fraction of sp³-hybridized carbons (Fsp3) is 0.200. The Balaban J connectivity index is 0.00000242. The van der Waals surface area contributed by atoms with Crippen molar-refractivity contribution in [3.63, 3.8) is 0 Å².